The number of hydrogen-bond donors (Lipinski definition) is 2. The Bertz CT molecular complexity index is 515. The van der Waals surface area contributed by atoms with E-state index < -0.39 is 6.10 Å². The molecule has 2 rings (SSSR count). The number of carbonyl (C=O) groups is 1. The standard InChI is InChI=1S/C14H18N2O2S/c1-10-4-6-16(8-13(10)17)14(18)11-7-12(19-9-11)3-2-5-15/h7,9-10,13,17H,4-6,8,15H2,1H3. The lowest BCUT2D eigenvalue weighted by Gasteiger charge is -2.34. The van der Waals surface area contributed by atoms with Crippen LogP contribution in [-0.2, 0) is 0 Å². The third-order valence-electron chi connectivity index (χ3n) is 3.37. The molecule has 0 spiro atoms. The van der Waals surface area contributed by atoms with Crippen molar-refractivity contribution >= 4 is 17.2 Å². The van der Waals surface area contributed by atoms with Crippen LogP contribution in [0.3, 0.4) is 0 Å². The second-order valence-electron chi connectivity index (χ2n) is 4.79. The SMILES string of the molecule is CC1CCN(C(=O)c2csc(C#CCN)c2)CC1O. The lowest BCUT2D eigenvalue weighted by atomic mass is 9.96. The molecule has 2 heterocycles. The maximum absolute atomic E-state index is 12.3. The summed E-state index contributed by atoms with van der Waals surface area (Å²) in [6.45, 7) is 3.45. The van der Waals surface area contributed by atoms with Gasteiger partial charge in [0.25, 0.3) is 5.91 Å². The first-order chi connectivity index (χ1) is 9.11. The summed E-state index contributed by atoms with van der Waals surface area (Å²) in [5.41, 5.74) is 5.96. The first kappa shape index (κ1) is 14.1. The summed E-state index contributed by atoms with van der Waals surface area (Å²) in [4.78, 5) is 14.8. The van der Waals surface area contributed by atoms with E-state index in [0.717, 1.165) is 11.3 Å². The molecule has 0 bridgehead atoms. The van der Waals surface area contributed by atoms with Gasteiger partial charge in [-0.1, -0.05) is 18.8 Å². The van der Waals surface area contributed by atoms with Gasteiger partial charge < -0.3 is 15.7 Å². The fourth-order valence-electron chi connectivity index (χ4n) is 2.07. The number of rotatable bonds is 1. The number of hydrogen-bond acceptors (Lipinski definition) is 4. The molecule has 2 unspecified atom stereocenters. The van der Waals surface area contributed by atoms with E-state index in [1.165, 1.54) is 11.3 Å². The van der Waals surface area contributed by atoms with E-state index in [4.69, 9.17) is 5.73 Å². The van der Waals surface area contributed by atoms with Crippen LogP contribution >= 0.6 is 11.3 Å². The molecule has 5 heteroatoms. The molecule has 1 aliphatic heterocycles. The van der Waals surface area contributed by atoms with E-state index in [1.54, 1.807) is 11.0 Å². The Morgan fingerprint density at radius 1 is 1.68 bits per heavy atom. The fraction of sp³-hybridized carbons (Fsp3) is 0.500. The van der Waals surface area contributed by atoms with Crippen LogP contribution in [-0.4, -0.2) is 41.7 Å². The predicted molar refractivity (Wildman–Crippen MR) is 75.9 cm³/mol. The topological polar surface area (TPSA) is 66.6 Å². The van der Waals surface area contributed by atoms with E-state index >= 15 is 0 Å². The molecule has 0 saturated carbocycles. The molecule has 1 aliphatic rings. The van der Waals surface area contributed by atoms with Gasteiger partial charge in [0.15, 0.2) is 0 Å². The molecule has 0 radical (unpaired) electrons. The Morgan fingerprint density at radius 3 is 3.16 bits per heavy atom. The number of piperidine rings is 1. The van der Waals surface area contributed by atoms with Crippen molar-refractivity contribution in [3.63, 3.8) is 0 Å². The Balaban J connectivity index is 2.05. The average Bonchev–Trinajstić information content (AvgIpc) is 2.87. The zero-order chi connectivity index (χ0) is 13.8. The van der Waals surface area contributed by atoms with Crippen molar-refractivity contribution in [2.45, 2.75) is 19.4 Å². The number of nitrogens with two attached hydrogens (primary N) is 1. The van der Waals surface area contributed by atoms with Crippen LogP contribution in [0.1, 0.15) is 28.6 Å². The van der Waals surface area contributed by atoms with Crippen molar-refractivity contribution in [3.05, 3.63) is 21.9 Å². The molecule has 2 atom stereocenters. The van der Waals surface area contributed by atoms with Crippen molar-refractivity contribution in [2.24, 2.45) is 11.7 Å². The van der Waals surface area contributed by atoms with E-state index in [1.807, 2.05) is 12.3 Å². The van der Waals surface area contributed by atoms with Crippen LogP contribution in [0.4, 0.5) is 0 Å². The predicted octanol–water partition coefficient (Wildman–Crippen LogP) is 0.901. The van der Waals surface area contributed by atoms with Gasteiger partial charge in [-0.25, -0.2) is 0 Å². The lowest BCUT2D eigenvalue weighted by Crippen LogP contribution is -2.45. The minimum Gasteiger partial charge on any atom is -0.391 e. The summed E-state index contributed by atoms with van der Waals surface area (Å²) < 4.78 is 0. The highest BCUT2D eigenvalue weighted by Crippen LogP contribution is 2.21. The molecule has 1 amide bonds. The largest absolute Gasteiger partial charge is 0.391 e. The van der Waals surface area contributed by atoms with Crippen molar-refractivity contribution in [1.82, 2.24) is 4.90 Å². The molecule has 0 aliphatic carbocycles. The van der Waals surface area contributed by atoms with Gasteiger partial charge in [0, 0.05) is 18.5 Å². The van der Waals surface area contributed by atoms with Crippen molar-refractivity contribution in [3.8, 4) is 11.8 Å². The summed E-state index contributed by atoms with van der Waals surface area (Å²) in [6, 6.07) is 1.79. The Labute approximate surface area is 117 Å². The van der Waals surface area contributed by atoms with Gasteiger partial charge in [-0.15, -0.1) is 11.3 Å². The van der Waals surface area contributed by atoms with Gasteiger partial charge in [-0.05, 0) is 18.4 Å². The molecule has 102 valence electrons. The summed E-state index contributed by atoms with van der Waals surface area (Å²) >= 11 is 1.44. The van der Waals surface area contributed by atoms with E-state index in [2.05, 4.69) is 11.8 Å². The molecule has 3 N–H and O–H groups in total. The quantitative estimate of drug-likeness (QED) is 0.750. The Hall–Kier alpha value is -1.35. The minimum atomic E-state index is -0.423. The zero-order valence-corrected chi connectivity index (χ0v) is 11.7. The van der Waals surface area contributed by atoms with Gasteiger partial charge in [-0.2, -0.15) is 0 Å². The van der Waals surface area contributed by atoms with Gasteiger partial charge in [0.1, 0.15) is 0 Å². The number of carbonyl (C=O) groups excluding carboxylic acids is 1. The summed E-state index contributed by atoms with van der Waals surface area (Å²) in [7, 11) is 0. The third-order valence-corrected chi connectivity index (χ3v) is 4.21. The Morgan fingerprint density at radius 2 is 2.47 bits per heavy atom. The molecule has 19 heavy (non-hydrogen) atoms. The smallest absolute Gasteiger partial charge is 0.254 e. The monoisotopic (exact) mass is 278 g/mol. The second-order valence-corrected chi connectivity index (χ2v) is 5.70. The van der Waals surface area contributed by atoms with Crippen LogP contribution in [0.25, 0.3) is 0 Å². The first-order valence-electron chi connectivity index (χ1n) is 6.36. The van der Waals surface area contributed by atoms with Gasteiger partial charge >= 0.3 is 0 Å². The highest BCUT2D eigenvalue weighted by atomic mass is 32.1. The van der Waals surface area contributed by atoms with E-state index in [-0.39, 0.29) is 11.8 Å². The van der Waals surface area contributed by atoms with Crippen LogP contribution in [0.15, 0.2) is 11.4 Å². The molecule has 1 saturated heterocycles. The van der Waals surface area contributed by atoms with Crippen molar-refractivity contribution in [1.29, 1.82) is 0 Å². The molecule has 1 aromatic rings. The van der Waals surface area contributed by atoms with Crippen molar-refractivity contribution < 1.29 is 9.90 Å². The van der Waals surface area contributed by atoms with Crippen LogP contribution in [0.2, 0.25) is 0 Å². The molecule has 0 aromatic carbocycles. The van der Waals surface area contributed by atoms with Crippen LogP contribution in [0.5, 0.6) is 0 Å². The molecular weight excluding hydrogens is 260 g/mol. The minimum absolute atomic E-state index is 0.0250. The van der Waals surface area contributed by atoms with Gasteiger partial charge in [0.2, 0.25) is 0 Å². The third kappa shape index (κ3) is 3.35. The van der Waals surface area contributed by atoms with Crippen molar-refractivity contribution in [2.75, 3.05) is 19.6 Å². The number of thiophene rings is 1. The number of aliphatic hydroxyl groups excluding tert-OH is 1. The number of amides is 1. The molecule has 4 nitrogen and oxygen atoms in total. The van der Waals surface area contributed by atoms with Gasteiger partial charge in [0.05, 0.1) is 23.1 Å². The summed E-state index contributed by atoms with van der Waals surface area (Å²) in [5.74, 6) is 5.93. The first-order valence-corrected chi connectivity index (χ1v) is 7.24. The maximum atomic E-state index is 12.3. The Kier molecular flexibility index (Phi) is 4.59. The highest BCUT2D eigenvalue weighted by molar-refractivity contribution is 7.10. The highest BCUT2D eigenvalue weighted by Gasteiger charge is 2.28. The van der Waals surface area contributed by atoms with Crippen LogP contribution in [0, 0.1) is 17.8 Å². The van der Waals surface area contributed by atoms with E-state index in [0.29, 0.717) is 25.2 Å². The number of nitrogens with zero attached hydrogens (tertiary/aromatic N) is 1. The second kappa shape index (κ2) is 6.20. The summed E-state index contributed by atoms with van der Waals surface area (Å²) in [5, 5.41) is 11.7. The van der Waals surface area contributed by atoms with E-state index in [9.17, 15) is 9.90 Å². The summed E-state index contributed by atoms with van der Waals surface area (Å²) in [6.07, 6.45) is 0.421. The lowest BCUT2D eigenvalue weighted by molar-refractivity contribution is 0.0249. The number of aliphatic hydroxyl groups is 1. The molecular formula is C14H18N2O2S. The number of β-amino-alcohol motifs (C(OH)–C–C–N with tert-alkyl or cyclic N) is 1. The van der Waals surface area contributed by atoms with Crippen LogP contribution < -0.4 is 5.73 Å². The molecule has 1 aromatic heterocycles. The number of likely N-dealkylation sites (tertiary alicyclic amines) is 1. The fourth-order valence-corrected chi connectivity index (χ4v) is 2.82. The normalized spacial score (nSPS) is 22.8. The average molecular weight is 278 g/mol. The zero-order valence-electron chi connectivity index (χ0n) is 10.9. The maximum Gasteiger partial charge on any atom is 0.254 e. The molecule has 1 fully saturated rings. The van der Waals surface area contributed by atoms with Gasteiger partial charge in [-0.3, -0.25) is 4.79 Å².